The molecule has 0 aliphatic rings. The Hall–Kier alpha value is -1.67. The fourth-order valence-corrected chi connectivity index (χ4v) is 8.39. The van der Waals surface area contributed by atoms with Gasteiger partial charge in [0.2, 0.25) is 0 Å². The molecule has 362 valence electrons. The van der Waals surface area contributed by atoms with Crippen LogP contribution < -0.4 is 0 Å². The molecule has 2 atom stereocenters. The number of esters is 2. The van der Waals surface area contributed by atoms with E-state index in [1.54, 1.807) is 0 Å². The van der Waals surface area contributed by atoms with Gasteiger partial charge in [0.1, 0.15) is 6.61 Å². The van der Waals surface area contributed by atoms with Crippen molar-refractivity contribution in [1.82, 2.24) is 0 Å². The molecule has 0 fully saturated rings. The van der Waals surface area contributed by atoms with Crippen LogP contribution in [-0.2, 0) is 28.6 Å². The minimum Gasteiger partial charge on any atom is -0.477 e. The molecule has 0 radical (unpaired) electrons. The van der Waals surface area contributed by atoms with E-state index < -0.39 is 18.1 Å². The highest BCUT2D eigenvalue weighted by atomic mass is 16.6. The molecule has 0 heterocycles. The second kappa shape index (κ2) is 44.9. The van der Waals surface area contributed by atoms with Crippen LogP contribution in [0.1, 0.15) is 271 Å². The smallest absolute Gasteiger partial charge is 0.362 e. The first-order valence-corrected chi connectivity index (χ1v) is 26.6. The number of carbonyl (C=O) groups excluding carboxylic acids is 2. The van der Waals surface area contributed by atoms with E-state index in [-0.39, 0.29) is 36.2 Å². The van der Waals surface area contributed by atoms with Crippen LogP contribution in [0, 0.1) is 0 Å². The Kier molecular flexibility index (Phi) is 43.7. The van der Waals surface area contributed by atoms with Gasteiger partial charge >= 0.3 is 17.9 Å². The molecule has 0 rings (SSSR count). The van der Waals surface area contributed by atoms with Crippen molar-refractivity contribution in [3.63, 3.8) is 0 Å². The largest absolute Gasteiger partial charge is 0.477 e. The molecule has 0 saturated heterocycles. The molecule has 0 amide bonds. The molecular formula is C53H104NO7+. The number of carboxylic acids is 1. The van der Waals surface area contributed by atoms with E-state index in [9.17, 15) is 19.5 Å². The number of carboxylic acid groups (broad SMARTS) is 1. The Balaban J connectivity index is 4.17. The molecule has 8 nitrogen and oxygen atoms in total. The van der Waals surface area contributed by atoms with Gasteiger partial charge in [-0.25, -0.2) is 4.79 Å². The Bertz CT molecular complexity index is 967. The summed E-state index contributed by atoms with van der Waals surface area (Å²) in [6.45, 7) is 4.80. The van der Waals surface area contributed by atoms with Gasteiger partial charge in [-0.05, 0) is 12.8 Å². The van der Waals surface area contributed by atoms with Crippen molar-refractivity contribution >= 4 is 17.9 Å². The quantitative estimate of drug-likeness (QED) is 0.0369. The average molecular weight is 867 g/mol. The highest BCUT2D eigenvalue weighted by molar-refractivity contribution is 5.72. The molecule has 0 aromatic heterocycles. The number of nitrogens with zero attached hydrogens (tertiary/aromatic N) is 1. The molecule has 8 heteroatoms. The maximum absolute atomic E-state index is 12.8. The number of quaternary nitrogens is 1. The highest BCUT2D eigenvalue weighted by Gasteiger charge is 2.31. The number of unbranched alkanes of at least 4 members (excludes halogenated alkanes) is 35. The summed E-state index contributed by atoms with van der Waals surface area (Å²) in [7, 11) is 5.55. The van der Waals surface area contributed by atoms with Gasteiger partial charge in [-0.1, -0.05) is 239 Å². The number of hydrogen-bond acceptors (Lipinski definition) is 6. The first kappa shape index (κ1) is 59.3. The first-order chi connectivity index (χ1) is 29.6. The standard InChI is InChI=1S/C53H103NO7/c1-6-8-10-12-14-16-18-20-22-24-25-26-28-30-32-34-36-38-40-42-44-52(56)61-49(47-59-46-45-50(53(57)58)54(3,4)5)48-60-51(55)43-41-39-37-35-33-31-29-27-23-21-19-17-15-13-11-9-7-2/h49-50H,6-48H2,1-5H3/p+1. The van der Waals surface area contributed by atoms with Crippen molar-refractivity contribution in [1.29, 1.82) is 0 Å². The van der Waals surface area contributed by atoms with Crippen LogP contribution in [-0.4, -0.2) is 80.6 Å². The van der Waals surface area contributed by atoms with Gasteiger partial charge in [-0.3, -0.25) is 9.59 Å². The summed E-state index contributed by atoms with van der Waals surface area (Å²) in [5.74, 6) is -1.44. The SMILES string of the molecule is CCCCCCCCCCCCCCCCCCCCCCC(=O)OC(COCCC(C(=O)O)[N+](C)(C)C)COC(=O)CCCCCCCCCCCCCCCCCCC. The number of ether oxygens (including phenoxy) is 3. The van der Waals surface area contributed by atoms with E-state index in [4.69, 9.17) is 14.2 Å². The van der Waals surface area contributed by atoms with Crippen molar-refractivity contribution in [2.24, 2.45) is 0 Å². The zero-order valence-corrected chi connectivity index (χ0v) is 41.4. The minimum absolute atomic E-state index is 0.0412. The van der Waals surface area contributed by atoms with E-state index in [0.717, 1.165) is 38.5 Å². The van der Waals surface area contributed by atoms with E-state index in [0.29, 0.717) is 19.3 Å². The highest BCUT2D eigenvalue weighted by Crippen LogP contribution is 2.17. The number of carbonyl (C=O) groups is 3. The third kappa shape index (κ3) is 43.4. The molecule has 2 unspecified atom stereocenters. The van der Waals surface area contributed by atoms with Gasteiger partial charge in [0.15, 0.2) is 12.1 Å². The third-order valence-corrected chi connectivity index (χ3v) is 12.5. The van der Waals surface area contributed by atoms with Crippen LogP contribution in [0.25, 0.3) is 0 Å². The molecule has 0 bridgehead atoms. The van der Waals surface area contributed by atoms with E-state index in [1.165, 1.54) is 199 Å². The van der Waals surface area contributed by atoms with Gasteiger partial charge in [0.25, 0.3) is 0 Å². The maximum atomic E-state index is 12.8. The van der Waals surface area contributed by atoms with Gasteiger partial charge in [-0.2, -0.15) is 0 Å². The monoisotopic (exact) mass is 867 g/mol. The van der Waals surface area contributed by atoms with E-state index >= 15 is 0 Å². The van der Waals surface area contributed by atoms with Crippen LogP contribution >= 0.6 is 0 Å². The van der Waals surface area contributed by atoms with Crippen LogP contribution in [0.15, 0.2) is 0 Å². The van der Waals surface area contributed by atoms with Crippen LogP contribution in [0.4, 0.5) is 0 Å². The van der Waals surface area contributed by atoms with Crippen LogP contribution in [0.5, 0.6) is 0 Å². The normalized spacial score (nSPS) is 12.7. The Morgan fingerprint density at radius 1 is 0.426 bits per heavy atom. The molecule has 0 aromatic rings. The van der Waals surface area contributed by atoms with Crippen molar-refractivity contribution in [2.75, 3.05) is 41.0 Å². The lowest BCUT2D eigenvalue weighted by Gasteiger charge is -2.31. The lowest BCUT2D eigenvalue weighted by atomic mass is 10.0. The van der Waals surface area contributed by atoms with Crippen molar-refractivity contribution in [2.45, 2.75) is 283 Å². The number of aliphatic carboxylic acids is 1. The minimum atomic E-state index is -0.868. The summed E-state index contributed by atoms with van der Waals surface area (Å²) in [5.41, 5.74) is 0. The second-order valence-electron chi connectivity index (χ2n) is 19.5. The Morgan fingerprint density at radius 2 is 0.721 bits per heavy atom. The summed E-state index contributed by atoms with van der Waals surface area (Å²) in [6.07, 6.45) is 48.6. The summed E-state index contributed by atoms with van der Waals surface area (Å²) >= 11 is 0. The lowest BCUT2D eigenvalue weighted by molar-refractivity contribution is -0.887. The molecular weight excluding hydrogens is 763 g/mol. The van der Waals surface area contributed by atoms with Gasteiger partial charge in [0, 0.05) is 19.3 Å². The molecule has 0 aliphatic heterocycles. The van der Waals surface area contributed by atoms with Crippen molar-refractivity contribution in [3.8, 4) is 0 Å². The zero-order valence-electron chi connectivity index (χ0n) is 41.4. The van der Waals surface area contributed by atoms with Gasteiger partial charge < -0.3 is 23.8 Å². The first-order valence-electron chi connectivity index (χ1n) is 26.6. The van der Waals surface area contributed by atoms with Gasteiger partial charge in [-0.15, -0.1) is 0 Å². The van der Waals surface area contributed by atoms with E-state index in [1.807, 2.05) is 21.1 Å². The fourth-order valence-electron chi connectivity index (χ4n) is 8.39. The summed E-state index contributed by atoms with van der Waals surface area (Å²) < 4.78 is 17.4. The number of rotatable bonds is 49. The third-order valence-electron chi connectivity index (χ3n) is 12.5. The van der Waals surface area contributed by atoms with Crippen LogP contribution in [0.2, 0.25) is 0 Å². The van der Waals surface area contributed by atoms with Gasteiger partial charge in [0.05, 0.1) is 34.4 Å². The van der Waals surface area contributed by atoms with Crippen molar-refractivity contribution < 1.29 is 38.2 Å². The average Bonchev–Trinajstić information content (AvgIpc) is 3.22. The Morgan fingerprint density at radius 3 is 1.02 bits per heavy atom. The summed E-state index contributed by atoms with van der Waals surface area (Å²) in [4.78, 5) is 37.2. The zero-order chi connectivity index (χ0) is 44.9. The summed E-state index contributed by atoms with van der Waals surface area (Å²) in [5, 5.41) is 9.66. The molecule has 61 heavy (non-hydrogen) atoms. The molecule has 0 aliphatic carbocycles. The number of likely N-dealkylation sites (N-methyl/N-ethyl adjacent to an activating group) is 1. The Labute approximate surface area is 378 Å². The molecule has 1 N–H and O–H groups in total. The van der Waals surface area contributed by atoms with E-state index in [2.05, 4.69) is 13.8 Å². The lowest BCUT2D eigenvalue weighted by Crippen LogP contribution is -2.50. The summed E-state index contributed by atoms with van der Waals surface area (Å²) in [6, 6.07) is -0.609. The number of hydrogen-bond donors (Lipinski definition) is 1. The predicted molar refractivity (Wildman–Crippen MR) is 257 cm³/mol. The predicted octanol–water partition coefficient (Wildman–Crippen LogP) is 15.3. The fraction of sp³-hybridized carbons (Fsp3) is 0.943. The molecule has 0 aromatic carbocycles. The maximum Gasteiger partial charge on any atom is 0.362 e. The van der Waals surface area contributed by atoms with Crippen LogP contribution in [0.3, 0.4) is 0 Å². The molecule has 0 spiro atoms. The topological polar surface area (TPSA) is 99.1 Å². The molecule has 0 saturated carbocycles. The van der Waals surface area contributed by atoms with Crippen molar-refractivity contribution in [3.05, 3.63) is 0 Å². The second-order valence-corrected chi connectivity index (χ2v) is 19.5.